The quantitative estimate of drug-likeness (QED) is 0.566. The van der Waals surface area contributed by atoms with Gasteiger partial charge in [0.2, 0.25) is 0 Å². The van der Waals surface area contributed by atoms with Crippen molar-refractivity contribution in [3.05, 3.63) is 76.7 Å². The van der Waals surface area contributed by atoms with E-state index >= 15 is 0 Å². The molecule has 5 rings (SSSR count). The van der Waals surface area contributed by atoms with E-state index in [4.69, 9.17) is 11.6 Å². The smallest absolute Gasteiger partial charge is 0.123 e. The summed E-state index contributed by atoms with van der Waals surface area (Å²) in [7, 11) is 0. The highest BCUT2D eigenvalue weighted by Gasteiger charge is 2.33. The molecule has 0 atom stereocenters. The molecule has 2 heterocycles. The van der Waals surface area contributed by atoms with Crippen LogP contribution in [0.25, 0.3) is 16.5 Å². The van der Waals surface area contributed by atoms with Crippen LogP contribution in [0.1, 0.15) is 29.7 Å². The molecule has 0 radical (unpaired) electrons. The highest BCUT2D eigenvalue weighted by molar-refractivity contribution is 6.31. The van der Waals surface area contributed by atoms with E-state index in [0.717, 1.165) is 41.7 Å². The summed E-state index contributed by atoms with van der Waals surface area (Å²) in [4.78, 5) is 2.61. The Kier molecular flexibility index (Phi) is 4.10. The Balaban J connectivity index is 1.55. The molecule has 1 aromatic heterocycles. The minimum atomic E-state index is -0.217. The molecule has 1 fully saturated rings. The van der Waals surface area contributed by atoms with Crippen molar-refractivity contribution in [2.75, 3.05) is 6.54 Å². The molecule has 0 bridgehead atoms. The van der Waals surface area contributed by atoms with E-state index in [2.05, 4.69) is 28.2 Å². The second-order valence-corrected chi connectivity index (χ2v) is 8.17. The van der Waals surface area contributed by atoms with Crippen LogP contribution in [-0.2, 0) is 19.5 Å². The number of halogens is 2. The molecule has 0 saturated heterocycles. The Morgan fingerprint density at radius 2 is 1.93 bits per heavy atom. The molecular formula is C23H22ClFN2. The number of benzene rings is 2. The lowest BCUT2D eigenvalue weighted by atomic mass is 10.0. The highest BCUT2D eigenvalue weighted by Crippen LogP contribution is 2.37. The van der Waals surface area contributed by atoms with Gasteiger partial charge >= 0.3 is 0 Å². The van der Waals surface area contributed by atoms with Gasteiger partial charge in [0.25, 0.3) is 0 Å². The van der Waals surface area contributed by atoms with Crippen LogP contribution in [0.15, 0.2) is 49.0 Å². The van der Waals surface area contributed by atoms with Gasteiger partial charge in [-0.1, -0.05) is 30.3 Å². The van der Waals surface area contributed by atoms with Crippen molar-refractivity contribution >= 4 is 28.1 Å². The second kappa shape index (κ2) is 6.50. The van der Waals surface area contributed by atoms with Gasteiger partial charge in [-0.2, -0.15) is 0 Å². The monoisotopic (exact) mass is 380 g/mol. The van der Waals surface area contributed by atoms with E-state index in [-0.39, 0.29) is 5.82 Å². The largest absolute Gasteiger partial charge is 0.340 e. The topological polar surface area (TPSA) is 8.17 Å². The minimum Gasteiger partial charge on any atom is -0.340 e. The second-order valence-electron chi connectivity index (χ2n) is 7.73. The van der Waals surface area contributed by atoms with Gasteiger partial charge in [0.15, 0.2) is 0 Å². The Morgan fingerprint density at radius 3 is 2.67 bits per heavy atom. The van der Waals surface area contributed by atoms with Crippen molar-refractivity contribution in [2.24, 2.45) is 0 Å². The van der Waals surface area contributed by atoms with E-state index in [1.807, 2.05) is 18.2 Å². The fourth-order valence-electron chi connectivity index (χ4n) is 4.34. The summed E-state index contributed by atoms with van der Waals surface area (Å²) in [5, 5.41) is 2.04. The lowest BCUT2D eigenvalue weighted by Crippen LogP contribution is -2.32. The lowest BCUT2D eigenvalue weighted by Gasteiger charge is -2.28. The van der Waals surface area contributed by atoms with Crippen LogP contribution >= 0.6 is 11.6 Å². The molecule has 2 aromatic carbocycles. The maximum atomic E-state index is 13.3. The summed E-state index contributed by atoms with van der Waals surface area (Å²) in [6.45, 7) is 7.11. The van der Waals surface area contributed by atoms with Crippen LogP contribution in [0.2, 0.25) is 5.02 Å². The molecule has 0 N–H and O–H groups in total. The maximum Gasteiger partial charge on any atom is 0.123 e. The van der Waals surface area contributed by atoms with Crippen LogP contribution < -0.4 is 0 Å². The van der Waals surface area contributed by atoms with Gasteiger partial charge in [0.05, 0.1) is 0 Å². The average molecular weight is 381 g/mol. The number of rotatable bonds is 4. The Morgan fingerprint density at radius 1 is 1.15 bits per heavy atom. The van der Waals surface area contributed by atoms with E-state index in [9.17, 15) is 4.39 Å². The standard InChI is InChI=1S/C23H22ClFN2/c1-15(16-2-5-18(25)6-3-16)13-27-22-9-4-17(24)12-20(22)21-14-26(19-7-8-19)11-10-23(21)27/h2-6,9,12,19H,1,7-8,10-11,13-14H2. The molecule has 138 valence electrons. The molecule has 1 aliphatic heterocycles. The predicted octanol–water partition coefficient (Wildman–Crippen LogP) is 5.67. The summed E-state index contributed by atoms with van der Waals surface area (Å²) in [5.41, 5.74) is 6.00. The zero-order chi connectivity index (χ0) is 18.5. The third-order valence-electron chi connectivity index (χ3n) is 5.91. The first-order chi connectivity index (χ1) is 13.1. The van der Waals surface area contributed by atoms with Crippen molar-refractivity contribution in [1.29, 1.82) is 0 Å². The molecule has 1 aliphatic carbocycles. The van der Waals surface area contributed by atoms with Crippen LogP contribution in [0.3, 0.4) is 0 Å². The molecule has 2 aliphatic rings. The molecule has 27 heavy (non-hydrogen) atoms. The van der Waals surface area contributed by atoms with Gasteiger partial charge in [0, 0.05) is 53.7 Å². The summed E-state index contributed by atoms with van der Waals surface area (Å²) in [5.74, 6) is -0.217. The molecule has 3 aromatic rings. The fourth-order valence-corrected chi connectivity index (χ4v) is 4.51. The number of hydrogen-bond donors (Lipinski definition) is 0. The van der Waals surface area contributed by atoms with Crippen LogP contribution in [0.5, 0.6) is 0 Å². The van der Waals surface area contributed by atoms with Crippen LogP contribution in [0, 0.1) is 5.82 Å². The van der Waals surface area contributed by atoms with Gasteiger partial charge in [-0.3, -0.25) is 4.90 Å². The number of hydrogen-bond acceptors (Lipinski definition) is 1. The number of fused-ring (bicyclic) bond motifs is 3. The van der Waals surface area contributed by atoms with Gasteiger partial charge in [0.1, 0.15) is 5.82 Å². The third kappa shape index (κ3) is 3.09. The van der Waals surface area contributed by atoms with E-state index < -0.39 is 0 Å². The van der Waals surface area contributed by atoms with Crippen molar-refractivity contribution < 1.29 is 4.39 Å². The highest BCUT2D eigenvalue weighted by atomic mass is 35.5. The van der Waals surface area contributed by atoms with Crippen LogP contribution in [0.4, 0.5) is 4.39 Å². The summed E-state index contributed by atoms with van der Waals surface area (Å²) in [6.07, 6.45) is 3.71. The number of aromatic nitrogens is 1. The normalized spacial score (nSPS) is 17.3. The number of nitrogens with zero attached hydrogens (tertiary/aromatic N) is 2. The van der Waals surface area contributed by atoms with Crippen LogP contribution in [-0.4, -0.2) is 22.1 Å². The van der Waals surface area contributed by atoms with Crippen molar-refractivity contribution in [2.45, 2.75) is 38.4 Å². The van der Waals surface area contributed by atoms with Gasteiger partial charge in [-0.15, -0.1) is 0 Å². The summed E-state index contributed by atoms with van der Waals surface area (Å²) in [6, 6.07) is 13.6. The first-order valence-corrected chi connectivity index (χ1v) is 9.95. The zero-order valence-electron chi connectivity index (χ0n) is 15.2. The molecular weight excluding hydrogens is 359 g/mol. The minimum absolute atomic E-state index is 0.217. The van der Waals surface area contributed by atoms with Crippen molar-refractivity contribution in [3.8, 4) is 0 Å². The SMILES string of the molecule is C=C(Cn1c2c(c3cc(Cl)ccc31)CN(C1CC1)CC2)c1ccc(F)cc1. The fraction of sp³-hybridized carbons (Fsp3) is 0.304. The van der Waals surface area contributed by atoms with E-state index in [1.165, 1.54) is 47.1 Å². The Labute approximate surface area is 163 Å². The van der Waals surface area contributed by atoms with Crippen molar-refractivity contribution in [1.82, 2.24) is 9.47 Å². The molecule has 0 amide bonds. The van der Waals surface area contributed by atoms with E-state index in [1.54, 1.807) is 0 Å². The summed E-state index contributed by atoms with van der Waals surface area (Å²) >= 11 is 6.32. The molecule has 0 unspecified atom stereocenters. The van der Waals surface area contributed by atoms with Gasteiger partial charge in [-0.25, -0.2) is 4.39 Å². The van der Waals surface area contributed by atoms with E-state index in [0.29, 0.717) is 6.54 Å². The number of allylic oxidation sites excluding steroid dienone is 1. The van der Waals surface area contributed by atoms with Gasteiger partial charge in [-0.05, 0) is 59.9 Å². The van der Waals surface area contributed by atoms with Gasteiger partial charge < -0.3 is 4.57 Å². The third-order valence-corrected chi connectivity index (χ3v) is 6.15. The molecule has 2 nitrogen and oxygen atoms in total. The predicted molar refractivity (Wildman–Crippen MR) is 110 cm³/mol. The maximum absolute atomic E-state index is 13.3. The Bertz CT molecular complexity index is 1030. The zero-order valence-corrected chi connectivity index (χ0v) is 16.0. The summed E-state index contributed by atoms with van der Waals surface area (Å²) < 4.78 is 15.6. The first-order valence-electron chi connectivity index (χ1n) is 9.57. The molecule has 0 spiro atoms. The molecule has 4 heteroatoms. The van der Waals surface area contributed by atoms with Crippen molar-refractivity contribution in [3.63, 3.8) is 0 Å². The lowest BCUT2D eigenvalue weighted by molar-refractivity contribution is 0.242. The first kappa shape index (κ1) is 17.0. The average Bonchev–Trinajstić information content (AvgIpc) is 3.48. The Hall–Kier alpha value is -2.10. The molecule has 1 saturated carbocycles.